The van der Waals surface area contributed by atoms with E-state index in [0.717, 1.165) is 62.0 Å². The Hall–Kier alpha value is -1.29. The maximum Gasteiger partial charge on any atom is 0.129 e. The zero-order chi connectivity index (χ0) is 18.8. The molecule has 2 aliphatic rings. The van der Waals surface area contributed by atoms with Crippen molar-refractivity contribution in [2.75, 3.05) is 37.6 Å². The first kappa shape index (κ1) is 19.0. The summed E-state index contributed by atoms with van der Waals surface area (Å²) in [5.41, 5.74) is 4.98. The molecule has 0 bridgehead atoms. The van der Waals surface area contributed by atoms with E-state index in [1.165, 1.54) is 36.1 Å². The molecule has 1 aromatic carbocycles. The van der Waals surface area contributed by atoms with Crippen molar-refractivity contribution < 1.29 is 0 Å². The molecule has 1 aliphatic heterocycles. The Bertz CT molecular complexity index is 813. The largest absolute Gasteiger partial charge is 0.354 e. The van der Waals surface area contributed by atoms with Crippen LogP contribution in [0.4, 0.5) is 5.82 Å². The summed E-state index contributed by atoms with van der Waals surface area (Å²) in [6, 6.07) is 8.11. The topological polar surface area (TPSA) is 19.4 Å². The molecule has 0 radical (unpaired) electrons. The average Bonchev–Trinajstić information content (AvgIpc) is 2.93. The predicted molar refractivity (Wildman–Crippen MR) is 115 cm³/mol. The molecule has 144 valence electrons. The monoisotopic (exact) mass is 403 g/mol. The van der Waals surface area contributed by atoms with E-state index >= 15 is 0 Å². The van der Waals surface area contributed by atoms with Gasteiger partial charge in [-0.2, -0.15) is 0 Å². The molecule has 3 nitrogen and oxygen atoms in total. The van der Waals surface area contributed by atoms with E-state index in [1.54, 1.807) is 0 Å². The number of nitrogens with zero attached hydrogens (tertiary/aromatic N) is 3. The van der Waals surface area contributed by atoms with Crippen molar-refractivity contribution in [2.24, 2.45) is 0 Å². The number of pyridine rings is 1. The molecule has 1 fully saturated rings. The maximum absolute atomic E-state index is 6.60. The van der Waals surface area contributed by atoms with Crippen molar-refractivity contribution in [1.29, 1.82) is 0 Å². The third-order valence-corrected chi connectivity index (χ3v) is 6.45. The minimum atomic E-state index is 0.680. The number of benzene rings is 1. The van der Waals surface area contributed by atoms with Crippen LogP contribution in [0.3, 0.4) is 0 Å². The van der Waals surface area contributed by atoms with Gasteiger partial charge in [0.1, 0.15) is 5.82 Å². The third-order valence-electron chi connectivity index (χ3n) is 5.90. The first-order chi connectivity index (χ1) is 13.2. The Morgan fingerprint density at radius 1 is 0.926 bits per heavy atom. The molecule has 5 heteroatoms. The van der Waals surface area contributed by atoms with E-state index < -0.39 is 0 Å². The number of aryl methyl sites for hydroxylation is 1. The van der Waals surface area contributed by atoms with Crippen LogP contribution in [0.2, 0.25) is 10.0 Å². The van der Waals surface area contributed by atoms with Crippen molar-refractivity contribution in [3.05, 3.63) is 45.6 Å². The number of rotatable bonds is 3. The van der Waals surface area contributed by atoms with Crippen molar-refractivity contribution in [1.82, 2.24) is 9.88 Å². The standard InChI is InChI=1S/C22H27Cl2N3/c1-2-26-10-12-27(13-11-26)22-15-19(17-9-8-16(23)14-20(17)24)18-6-4-3-5-7-21(18)25-22/h8-9,14-15H,2-7,10-13H2,1H3. The highest BCUT2D eigenvalue weighted by molar-refractivity contribution is 6.36. The Balaban J connectivity index is 1.77. The van der Waals surface area contributed by atoms with Crippen molar-refractivity contribution in [3.8, 4) is 11.1 Å². The highest BCUT2D eigenvalue weighted by atomic mass is 35.5. The fourth-order valence-electron chi connectivity index (χ4n) is 4.27. The fourth-order valence-corrected chi connectivity index (χ4v) is 4.78. The van der Waals surface area contributed by atoms with E-state index in [2.05, 4.69) is 28.9 Å². The first-order valence-corrected chi connectivity index (χ1v) is 10.9. The number of hydrogen-bond donors (Lipinski definition) is 0. The zero-order valence-corrected chi connectivity index (χ0v) is 17.5. The molecule has 0 N–H and O–H groups in total. The normalized spacial score (nSPS) is 18.3. The van der Waals surface area contributed by atoms with Gasteiger partial charge in [-0.1, -0.05) is 42.6 Å². The van der Waals surface area contributed by atoms with Crippen LogP contribution in [0.5, 0.6) is 0 Å². The highest BCUT2D eigenvalue weighted by Crippen LogP contribution is 2.37. The van der Waals surface area contributed by atoms with Crippen molar-refractivity contribution in [2.45, 2.75) is 39.0 Å². The number of fused-ring (bicyclic) bond motifs is 1. The van der Waals surface area contributed by atoms with E-state index in [9.17, 15) is 0 Å². The fraction of sp³-hybridized carbons (Fsp3) is 0.500. The van der Waals surface area contributed by atoms with Gasteiger partial charge < -0.3 is 9.80 Å². The molecule has 1 saturated heterocycles. The molecule has 0 saturated carbocycles. The summed E-state index contributed by atoms with van der Waals surface area (Å²) in [5, 5.41) is 1.40. The second-order valence-electron chi connectivity index (χ2n) is 7.56. The predicted octanol–water partition coefficient (Wildman–Crippen LogP) is 5.47. The third kappa shape index (κ3) is 4.11. The lowest BCUT2D eigenvalue weighted by atomic mass is 9.95. The number of piperazine rings is 1. The quantitative estimate of drug-likeness (QED) is 0.633. The molecule has 0 spiro atoms. The van der Waals surface area contributed by atoms with Crippen LogP contribution < -0.4 is 4.90 Å². The zero-order valence-electron chi connectivity index (χ0n) is 16.0. The van der Waals surface area contributed by atoms with Crippen LogP contribution >= 0.6 is 23.2 Å². The lowest BCUT2D eigenvalue weighted by molar-refractivity contribution is 0.270. The number of likely N-dealkylation sites (N-methyl/N-ethyl adjacent to an activating group) is 1. The van der Waals surface area contributed by atoms with Crippen molar-refractivity contribution in [3.63, 3.8) is 0 Å². The van der Waals surface area contributed by atoms with Gasteiger partial charge in [-0.15, -0.1) is 0 Å². The van der Waals surface area contributed by atoms with E-state index in [0.29, 0.717) is 5.02 Å². The SMILES string of the molecule is CCN1CCN(c2cc(-c3ccc(Cl)cc3Cl)c3c(n2)CCCCC3)CC1. The van der Waals surface area contributed by atoms with Crippen LogP contribution in [0, 0.1) is 0 Å². The summed E-state index contributed by atoms with van der Waals surface area (Å²) < 4.78 is 0. The summed E-state index contributed by atoms with van der Waals surface area (Å²) >= 11 is 12.7. The van der Waals surface area contributed by atoms with Crippen LogP contribution in [0.25, 0.3) is 11.1 Å². The smallest absolute Gasteiger partial charge is 0.129 e. The molecule has 0 unspecified atom stereocenters. The van der Waals surface area contributed by atoms with Gasteiger partial charge in [0, 0.05) is 47.5 Å². The average molecular weight is 404 g/mol. The molecule has 1 aliphatic carbocycles. The first-order valence-electron chi connectivity index (χ1n) is 10.1. The van der Waals surface area contributed by atoms with E-state index in [4.69, 9.17) is 28.2 Å². The van der Waals surface area contributed by atoms with Gasteiger partial charge in [0.05, 0.1) is 0 Å². The Morgan fingerprint density at radius 2 is 1.70 bits per heavy atom. The molecule has 2 heterocycles. The molecule has 0 amide bonds. The van der Waals surface area contributed by atoms with Gasteiger partial charge in [0.25, 0.3) is 0 Å². The summed E-state index contributed by atoms with van der Waals surface area (Å²) in [6.45, 7) is 7.63. The molecular formula is C22H27Cl2N3. The van der Waals surface area contributed by atoms with Crippen LogP contribution in [0.15, 0.2) is 24.3 Å². The minimum Gasteiger partial charge on any atom is -0.354 e. The van der Waals surface area contributed by atoms with Gasteiger partial charge in [0.15, 0.2) is 0 Å². The summed E-state index contributed by atoms with van der Waals surface area (Å²) in [6.07, 6.45) is 5.87. The molecule has 2 aromatic rings. The van der Waals surface area contributed by atoms with E-state index in [-0.39, 0.29) is 0 Å². The van der Waals surface area contributed by atoms with Gasteiger partial charge in [-0.3, -0.25) is 0 Å². The molecule has 0 atom stereocenters. The van der Waals surface area contributed by atoms with Gasteiger partial charge in [-0.05, 0) is 61.6 Å². The van der Waals surface area contributed by atoms with Gasteiger partial charge in [-0.25, -0.2) is 4.98 Å². The van der Waals surface area contributed by atoms with Gasteiger partial charge >= 0.3 is 0 Å². The minimum absolute atomic E-state index is 0.680. The highest BCUT2D eigenvalue weighted by Gasteiger charge is 2.22. The van der Waals surface area contributed by atoms with Crippen molar-refractivity contribution >= 4 is 29.0 Å². The Labute approximate surface area is 172 Å². The van der Waals surface area contributed by atoms with Crippen LogP contribution in [0.1, 0.15) is 37.4 Å². The number of anilines is 1. The number of hydrogen-bond acceptors (Lipinski definition) is 3. The summed E-state index contributed by atoms with van der Waals surface area (Å²) in [5.74, 6) is 1.10. The number of halogens is 2. The van der Waals surface area contributed by atoms with Crippen LogP contribution in [-0.4, -0.2) is 42.6 Å². The second-order valence-corrected chi connectivity index (χ2v) is 8.40. The van der Waals surface area contributed by atoms with E-state index in [1.807, 2.05) is 12.1 Å². The lowest BCUT2D eigenvalue weighted by Gasteiger charge is -2.35. The Kier molecular flexibility index (Phi) is 5.91. The summed E-state index contributed by atoms with van der Waals surface area (Å²) in [4.78, 5) is 10.1. The Morgan fingerprint density at radius 3 is 2.44 bits per heavy atom. The molecule has 4 rings (SSSR count). The second kappa shape index (κ2) is 8.38. The van der Waals surface area contributed by atoms with Gasteiger partial charge in [0.2, 0.25) is 0 Å². The molecular weight excluding hydrogens is 377 g/mol. The molecule has 27 heavy (non-hydrogen) atoms. The lowest BCUT2D eigenvalue weighted by Crippen LogP contribution is -2.46. The maximum atomic E-state index is 6.60. The van der Waals surface area contributed by atoms with Crippen LogP contribution in [-0.2, 0) is 12.8 Å². The summed E-state index contributed by atoms with van der Waals surface area (Å²) in [7, 11) is 0. The number of aromatic nitrogens is 1. The molecule has 1 aromatic heterocycles.